The van der Waals surface area contributed by atoms with Crippen LogP contribution in [0, 0.1) is 24.4 Å². The lowest BCUT2D eigenvalue weighted by molar-refractivity contribution is 0.483. The van der Waals surface area contributed by atoms with Crippen molar-refractivity contribution in [2.24, 2.45) is 5.73 Å². The van der Waals surface area contributed by atoms with Gasteiger partial charge in [0.1, 0.15) is 5.82 Å². The van der Waals surface area contributed by atoms with Crippen LogP contribution in [0.3, 0.4) is 0 Å². The van der Waals surface area contributed by atoms with Crippen LogP contribution in [0.2, 0.25) is 0 Å². The normalized spacial score (nSPS) is 12.5. The molecule has 2 rings (SSSR count). The van der Waals surface area contributed by atoms with E-state index in [4.69, 9.17) is 5.73 Å². The standard InChI is InChI=1S/C15H14F3N/c1-9-5-6-12(15(18)14(9)17)13(19)8-10-3-2-4-11(16)7-10/h2-7,13H,8,19H2,1H3. The highest BCUT2D eigenvalue weighted by atomic mass is 19.2. The second kappa shape index (κ2) is 5.45. The summed E-state index contributed by atoms with van der Waals surface area (Å²) < 4.78 is 40.3. The summed E-state index contributed by atoms with van der Waals surface area (Å²) in [4.78, 5) is 0. The largest absolute Gasteiger partial charge is 0.324 e. The average Bonchev–Trinajstić information content (AvgIpc) is 2.36. The molecular formula is C15H14F3N. The van der Waals surface area contributed by atoms with Gasteiger partial charge in [-0.3, -0.25) is 0 Å². The van der Waals surface area contributed by atoms with Crippen molar-refractivity contribution in [1.82, 2.24) is 0 Å². The van der Waals surface area contributed by atoms with Gasteiger partial charge < -0.3 is 5.73 Å². The Labute approximate surface area is 109 Å². The first-order valence-electron chi connectivity index (χ1n) is 5.93. The van der Waals surface area contributed by atoms with E-state index in [1.165, 1.54) is 31.2 Å². The van der Waals surface area contributed by atoms with Gasteiger partial charge in [-0.15, -0.1) is 0 Å². The Morgan fingerprint density at radius 2 is 1.79 bits per heavy atom. The number of hydrogen-bond donors (Lipinski definition) is 1. The molecule has 19 heavy (non-hydrogen) atoms. The first kappa shape index (κ1) is 13.6. The molecule has 1 nitrogen and oxygen atoms in total. The van der Waals surface area contributed by atoms with Crippen molar-refractivity contribution in [1.29, 1.82) is 0 Å². The minimum atomic E-state index is -0.927. The maximum atomic E-state index is 13.8. The molecule has 0 aliphatic heterocycles. The van der Waals surface area contributed by atoms with Gasteiger partial charge in [0, 0.05) is 11.6 Å². The Hall–Kier alpha value is -1.81. The minimum Gasteiger partial charge on any atom is -0.324 e. The quantitative estimate of drug-likeness (QED) is 0.900. The number of hydrogen-bond acceptors (Lipinski definition) is 1. The molecule has 0 heterocycles. The molecule has 0 amide bonds. The maximum Gasteiger partial charge on any atom is 0.163 e. The van der Waals surface area contributed by atoms with E-state index in [2.05, 4.69) is 0 Å². The number of rotatable bonds is 3. The first-order valence-corrected chi connectivity index (χ1v) is 5.93. The summed E-state index contributed by atoms with van der Waals surface area (Å²) in [7, 11) is 0. The van der Waals surface area contributed by atoms with Crippen molar-refractivity contribution in [2.45, 2.75) is 19.4 Å². The molecule has 2 aromatic rings. The second-order valence-electron chi connectivity index (χ2n) is 4.54. The molecular weight excluding hydrogens is 251 g/mol. The van der Waals surface area contributed by atoms with Crippen molar-refractivity contribution in [3.63, 3.8) is 0 Å². The molecule has 0 fully saturated rings. The number of halogens is 3. The molecule has 0 aliphatic carbocycles. The molecule has 0 aromatic heterocycles. The summed E-state index contributed by atoms with van der Waals surface area (Å²) >= 11 is 0. The molecule has 0 spiro atoms. The van der Waals surface area contributed by atoms with Crippen LogP contribution in [0.5, 0.6) is 0 Å². The Morgan fingerprint density at radius 1 is 1.05 bits per heavy atom. The van der Waals surface area contributed by atoms with Gasteiger partial charge in [-0.2, -0.15) is 0 Å². The highest BCUT2D eigenvalue weighted by Crippen LogP contribution is 2.23. The Bertz CT molecular complexity index is 596. The van der Waals surface area contributed by atoms with Gasteiger partial charge in [0.05, 0.1) is 0 Å². The SMILES string of the molecule is Cc1ccc(C(N)Cc2cccc(F)c2)c(F)c1F. The number of nitrogens with two attached hydrogens (primary N) is 1. The van der Waals surface area contributed by atoms with Gasteiger partial charge in [0.25, 0.3) is 0 Å². The molecule has 0 radical (unpaired) electrons. The van der Waals surface area contributed by atoms with Crippen molar-refractivity contribution in [3.05, 3.63) is 70.5 Å². The van der Waals surface area contributed by atoms with E-state index in [1.807, 2.05) is 0 Å². The topological polar surface area (TPSA) is 26.0 Å². The molecule has 0 saturated carbocycles. The molecule has 0 saturated heterocycles. The lowest BCUT2D eigenvalue weighted by Gasteiger charge is -2.14. The fourth-order valence-corrected chi connectivity index (χ4v) is 1.98. The molecule has 2 N–H and O–H groups in total. The third kappa shape index (κ3) is 2.96. The van der Waals surface area contributed by atoms with Crippen LogP contribution in [-0.4, -0.2) is 0 Å². The van der Waals surface area contributed by atoms with Crippen molar-refractivity contribution in [3.8, 4) is 0 Å². The third-order valence-electron chi connectivity index (χ3n) is 3.05. The third-order valence-corrected chi connectivity index (χ3v) is 3.05. The summed E-state index contributed by atoms with van der Waals surface area (Å²) in [6, 6.07) is 8.16. The average molecular weight is 265 g/mol. The van der Waals surface area contributed by atoms with Crippen LogP contribution in [0.4, 0.5) is 13.2 Å². The van der Waals surface area contributed by atoms with E-state index in [9.17, 15) is 13.2 Å². The van der Waals surface area contributed by atoms with Crippen LogP contribution < -0.4 is 5.73 Å². The van der Waals surface area contributed by atoms with Gasteiger partial charge in [-0.05, 0) is 36.6 Å². The Morgan fingerprint density at radius 3 is 2.47 bits per heavy atom. The first-order chi connectivity index (χ1) is 8.99. The van der Waals surface area contributed by atoms with Gasteiger partial charge in [-0.25, -0.2) is 13.2 Å². The van der Waals surface area contributed by atoms with E-state index in [1.54, 1.807) is 12.1 Å². The molecule has 100 valence electrons. The molecule has 2 aromatic carbocycles. The summed E-state index contributed by atoms with van der Waals surface area (Å²) in [6.07, 6.45) is 0.247. The van der Waals surface area contributed by atoms with Crippen molar-refractivity contribution >= 4 is 0 Å². The lowest BCUT2D eigenvalue weighted by Crippen LogP contribution is -2.16. The number of aryl methyl sites for hydroxylation is 1. The van der Waals surface area contributed by atoms with Crippen molar-refractivity contribution < 1.29 is 13.2 Å². The molecule has 1 atom stereocenters. The zero-order valence-electron chi connectivity index (χ0n) is 10.5. The molecule has 4 heteroatoms. The van der Waals surface area contributed by atoms with Gasteiger partial charge in [0.2, 0.25) is 0 Å². The highest BCUT2D eigenvalue weighted by Gasteiger charge is 2.17. The van der Waals surface area contributed by atoms with Crippen LogP contribution in [0.25, 0.3) is 0 Å². The van der Waals surface area contributed by atoms with E-state index < -0.39 is 17.7 Å². The fraction of sp³-hybridized carbons (Fsp3) is 0.200. The van der Waals surface area contributed by atoms with E-state index >= 15 is 0 Å². The van der Waals surface area contributed by atoms with E-state index in [0.717, 1.165) is 0 Å². The van der Waals surface area contributed by atoms with Gasteiger partial charge >= 0.3 is 0 Å². The summed E-state index contributed by atoms with van der Waals surface area (Å²) in [5, 5.41) is 0. The predicted octanol–water partition coefficient (Wildman–Crippen LogP) is 3.65. The van der Waals surface area contributed by atoms with E-state index in [0.29, 0.717) is 5.56 Å². The lowest BCUT2D eigenvalue weighted by atomic mass is 9.98. The monoisotopic (exact) mass is 265 g/mol. The van der Waals surface area contributed by atoms with Crippen LogP contribution in [-0.2, 0) is 6.42 Å². The highest BCUT2D eigenvalue weighted by molar-refractivity contribution is 5.29. The predicted molar refractivity (Wildman–Crippen MR) is 68.1 cm³/mol. The van der Waals surface area contributed by atoms with Crippen LogP contribution in [0.1, 0.15) is 22.7 Å². The Kier molecular flexibility index (Phi) is 3.90. The smallest absolute Gasteiger partial charge is 0.163 e. The Balaban J connectivity index is 2.25. The minimum absolute atomic E-state index is 0.104. The summed E-state index contributed by atoms with van der Waals surface area (Å²) in [5.41, 5.74) is 6.85. The number of benzene rings is 2. The molecule has 0 bridgehead atoms. The van der Waals surface area contributed by atoms with Crippen molar-refractivity contribution in [2.75, 3.05) is 0 Å². The second-order valence-corrected chi connectivity index (χ2v) is 4.54. The molecule has 1 unspecified atom stereocenters. The van der Waals surface area contributed by atoms with Crippen LogP contribution in [0.15, 0.2) is 36.4 Å². The maximum absolute atomic E-state index is 13.8. The fourth-order valence-electron chi connectivity index (χ4n) is 1.98. The summed E-state index contributed by atoms with van der Waals surface area (Å²) in [5.74, 6) is -2.18. The summed E-state index contributed by atoms with van der Waals surface area (Å²) in [6.45, 7) is 1.49. The molecule has 0 aliphatic rings. The van der Waals surface area contributed by atoms with Gasteiger partial charge in [-0.1, -0.05) is 24.3 Å². The van der Waals surface area contributed by atoms with E-state index in [-0.39, 0.29) is 23.4 Å². The van der Waals surface area contributed by atoms with Crippen LogP contribution >= 0.6 is 0 Å². The zero-order chi connectivity index (χ0) is 14.0. The zero-order valence-corrected chi connectivity index (χ0v) is 10.5. The van der Waals surface area contributed by atoms with Gasteiger partial charge in [0.15, 0.2) is 11.6 Å².